The molecular weight excluding hydrogens is 398 g/mol. The Labute approximate surface area is 134 Å². The number of ketones is 1. The van der Waals surface area contributed by atoms with Crippen molar-refractivity contribution in [2.24, 2.45) is 0 Å². The van der Waals surface area contributed by atoms with Crippen LogP contribution in [0.25, 0.3) is 0 Å². The van der Waals surface area contributed by atoms with Crippen LogP contribution >= 0.6 is 45.8 Å². The predicted octanol–water partition coefficient (Wildman–Crippen LogP) is 4.84. The van der Waals surface area contributed by atoms with Crippen molar-refractivity contribution in [1.82, 2.24) is 0 Å². The summed E-state index contributed by atoms with van der Waals surface area (Å²) in [5.41, 5.74) is 0.988. The first-order valence-corrected chi connectivity index (χ1v) is 7.19. The minimum absolute atomic E-state index is 0.145. The fourth-order valence-electron chi connectivity index (χ4n) is 1.65. The molecule has 2 rings (SSSR count). The maximum absolute atomic E-state index is 12.5. The molecule has 0 saturated heterocycles. The Kier molecular flexibility index (Phi) is 4.71. The first-order valence-electron chi connectivity index (χ1n) is 5.36. The molecule has 2 aromatic carbocycles. The number of methoxy groups -OCH3 is 1. The molecule has 0 aromatic heterocycles. The molecule has 0 spiro atoms. The zero-order chi connectivity index (χ0) is 14.0. The number of carbonyl (C=O) groups excluding carboxylic acids is 1. The summed E-state index contributed by atoms with van der Waals surface area (Å²) in [6.45, 7) is 0. The van der Waals surface area contributed by atoms with Crippen molar-refractivity contribution in [2.75, 3.05) is 7.11 Å². The molecule has 0 radical (unpaired) electrons. The quantitative estimate of drug-likeness (QED) is 0.538. The Morgan fingerprint density at radius 1 is 1.11 bits per heavy atom. The summed E-state index contributed by atoms with van der Waals surface area (Å²) in [5.74, 6) is 0.394. The van der Waals surface area contributed by atoms with E-state index in [0.717, 1.165) is 3.57 Å². The fourth-order valence-corrected chi connectivity index (χ4v) is 2.44. The van der Waals surface area contributed by atoms with E-state index >= 15 is 0 Å². The van der Waals surface area contributed by atoms with Crippen molar-refractivity contribution in [2.45, 2.75) is 0 Å². The average Bonchev–Trinajstić information content (AvgIpc) is 2.41. The van der Waals surface area contributed by atoms with Crippen LogP contribution in [0.5, 0.6) is 5.75 Å². The number of hydrogen-bond acceptors (Lipinski definition) is 2. The van der Waals surface area contributed by atoms with Gasteiger partial charge in [0.05, 0.1) is 22.7 Å². The van der Waals surface area contributed by atoms with Crippen LogP contribution in [-0.2, 0) is 0 Å². The molecule has 2 nitrogen and oxygen atoms in total. The number of benzene rings is 2. The van der Waals surface area contributed by atoms with E-state index in [4.69, 9.17) is 27.9 Å². The van der Waals surface area contributed by atoms with Crippen LogP contribution in [-0.4, -0.2) is 12.9 Å². The molecular formula is C14H9Cl2IO2. The second kappa shape index (κ2) is 6.11. The van der Waals surface area contributed by atoms with Crippen molar-refractivity contribution in [3.8, 4) is 5.75 Å². The highest BCUT2D eigenvalue weighted by molar-refractivity contribution is 14.1. The highest BCUT2D eigenvalue weighted by Crippen LogP contribution is 2.27. The molecule has 0 unspecified atom stereocenters. The smallest absolute Gasteiger partial charge is 0.196 e. The van der Waals surface area contributed by atoms with Gasteiger partial charge in [0, 0.05) is 9.13 Å². The van der Waals surface area contributed by atoms with Gasteiger partial charge in [0.1, 0.15) is 5.75 Å². The van der Waals surface area contributed by atoms with E-state index in [1.54, 1.807) is 30.3 Å². The van der Waals surface area contributed by atoms with Gasteiger partial charge in [0.25, 0.3) is 0 Å². The molecule has 0 saturated carbocycles. The number of rotatable bonds is 3. The van der Waals surface area contributed by atoms with Crippen LogP contribution in [0.3, 0.4) is 0 Å². The number of hydrogen-bond donors (Lipinski definition) is 0. The summed E-state index contributed by atoms with van der Waals surface area (Å²) < 4.78 is 6.17. The summed E-state index contributed by atoms with van der Waals surface area (Å²) in [5, 5.41) is 0.782. The van der Waals surface area contributed by atoms with E-state index in [1.807, 2.05) is 6.07 Å². The van der Waals surface area contributed by atoms with Gasteiger partial charge in [0.15, 0.2) is 5.78 Å². The van der Waals surface area contributed by atoms with Crippen molar-refractivity contribution in [1.29, 1.82) is 0 Å². The SMILES string of the molecule is COc1ccc(I)cc1C(=O)c1ccc(Cl)c(Cl)c1. The normalized spacial score (nSPS) is 10.3. The van der Waals surface area contributed by atoms with E-state index in [0.29, 0.717) is 26.9 Å². The monoisotopic (exact) mass is 406 g/mol. The first kappa shape index (κ1) is 14.6. The van der Waals surface area contributed by atoms with Gasteiger partial charge in [-0.2, -0.15) is 0 Å². The third-order valence-electron chi connectivity index (χ3n) is 2.59. The van der Waals surface area contributed by atoms with Gasteiger partial charge in [-0.15, -0.1) is 0 Å². The van der Waals surface area contributed by atoms with Crippen molar-refractivity contribution < 1.29 is 9.53 Å². The molecule has 5 heteroatoms. The number of carbonyl (C=O) groups is 1. The molecule has 0 fully saturated rings. The van der Waals surface area contributed by atoms with Crippen LogP contribution < -0.4 is 4.74 Å². The van der Waals surface area contributed by atoms with E-state index < -0.39 is 0 Å². The van der Waals surface area contributed by atoms with E-state index in [-0.39, 0.29) is 5.78 Å². The lowest BCUT2D eigenvalue weighted by Crippen LogP contribution is -2.04. The minimum atomic E-state index is -0.145. The largest absolute Gasteiger partial charge is 0.496 e. The van der Waals surface area contributed by atoms with Crippen molar-refractivity contribution in [3.05, 3.63) is 61.1 Å². The first-order chi connectivity index (χ1) is 9.02. The topological polar surface area (TPSA) is 26.3 Å². The minimum Gasteiger partial charge on any atom is -0.496 e. The van der Waals surface area contributed by atoms with Crippen LogP contribution in [0, 0.1) is 3.57 Å². The second-order valence-electron chi connectivity index (χ2n) is 3.80. The summed E-state index contributed by atoms with van der Waals surface area (Å²) >= 11 is 13.9. The number of ether oxygens (including phenoxy) is 1. The molecule has 0 atom stereocenters. The molecule has 98 valence electrons. The third-order valence-corrected chi connectivity index (χ3v) is 4.00. The van der Waals surface area contributed by atoms with Gasteiger partial charge < -0.3 is 4.74 Å². The van der Waals surface area contributed by atoms with Gasteiger partial charge in [0.2, 0.25) is 0 Å². The zero-order valence-corrected chi connectivity index (χ0v) is 13.6. The molecule has 2 aromatic rings. The van der Waals surface area contributed by atoms with Gasteiger partial charge in [-0.1, -0.05) is 23.2 Å². The van der Waals surface area contributed by atoms with E-state index in [9.17, 15) is 4.79 Å². The third kappa shape index (κ3) is 3.22. The van der Waals surface area contributed by atoms with Crippen molar-refractivity contribution >= 4 is 51.6 Å². The highest BCUT2D eigenvalue weighted by Gasteiger charge is 2.16. The fraction of sp³-hybridized carbons (Fsp3) is 0.0714. The Morgan fingerprint density at radius 3 is 2.47 bits per heavy atom. The second-order valence-corrected chi connectivity index (χ2v) is 5.86. The van der Waals surface area contributed by atoms with E-state index in [1.165, 1.54) is 7.11 Å². The molecule has 0 aliphatic heterocycles. The summed E-state index contributed by atoms with van der Waals surface area (Å²) in [7, 11) is 1.54. The molecule has 0 N–H and O–H groups in total. The Balaban J connectivity index is 2.49. The van der Waals surface area contributed by atoms with E-state index in [2.05, 4.69) is 22.6 Å². The van der Waals surface area contributed by atoms with Gasteiger partial charge in [-0.05, 0) is 59.0 Å². The molecule has 0 aliphatic rings. The maximum atomic E-state index is 12.5. The van der Waals surface area contributed by atoms with Crippen LogP contribution in [0.2, 0.25) is 10.0 Å². The molecule has 0 bridgehead atoms. The lowest BCUT2D eigenvalue weighted by Gasteiger charge is -2.08. The lowest BCUT2D eigenvalue weighted by molar-refractivity contribution is 0.103. The summed E-state index contributed by atoms with van der Waals surface area (Å²) in [4.78, 5) is 12.5. The van der Waals surface area contributed by atoms with Crippen LogP contribution in [0.4, 0.5) is 0 Å². The van der Waals surface area contributed by atoms with Gasteiger partial charge >= 0.3 is 0 Å². The van der Waals surface area contributed by atoms with Crippen LogP contribution in [0.1, 0.15) is 15.9 Å². The standard InChI is InChI=1S/C14H9Cl2IO2/c1-19-13-5-3-9(17)7-10(13)14(18)8-2-4-11(15)12(16)6-8/h2-7H,1H3. The zero-order valence-electron chi connectivity index (χ0n) is 9.91. The molecule has 19 heavy (non-hydrogen) atoms. The molecule has 0 heterocycles. The maximum Gasteiger partial charge on any atom is 0.196 e. The Bertz CT molecular complexity index is 641. The van der Waals surface area contributed by atoms with Crippen molar-refractivity contribution in [3.63, 3.8) is 0 Å². The molecule has 0 aliphatic carbocycles. The Hall–Kier alpha value is -0.780. The van der Waals surface area contributed by atoms with Gasteiger partial charge in [-0.3, -0.25) is 4.79 Å². The average molecular weight is 407 g/mol. The summed E-state index contributed by atoms with van der Waals surface area (Å²) in [6, 6.07) is 10.3. The van der Waals surface area contributed by atoms with Crippen LogP contribution in [0.15, 0.2) is 36.4 Å². The lowest BCUT2D eigenvalue weighted by atomic mass is 10.0. The highest BCUT2D eigenvalue weighted by atomic mass is 127. The molecule has 0 amide bonds. The summed E-state index contributed by atoms with van der Waals surface area (Å²) in [6.07, 6.45) is 0. The van der Waals surface area contributed by atoms with Gasteiger partial charge in [-0.25, -0.2) is 0 Å². The Morgan fingerprint density at radius 2 is 1.84 bits per heavy atom. The predicted molar refractivity (Wildman–Crippen MR) is 85.6 cm³/mol. The number of halogens is 3.